The summed E-state index contributed by atoms with van der Waals surface area (Å²) in [4.78, 5) is 10.7. The molecule has 3 N–H and O–H groups in total. The lowest BCUT2D eigenvalue weighted by molar-refractivity contribution is -0.118. The number of carbonyl (C=O) groups excluding carboxylic acids is 1. The summed E-state index contributed by atoms with van der Waals surface area (Å²) in [6, 6.07) is 17.8. The second-order valence-corrected chi connectivity index (χ2v) is 4.40. The minimum Gasteiger partial charge on any atom is -0.491 e. The highest BCUT2D eigenvalue weighted by molar-refractivity contribution is 5.73. The Bertz CT molecular complexity index is 555. The summed E-state index contributed by atoms with van der Waals surface area (Å²) >= 11 is 0. The van der Waals surface area contributed by atoms with Gasteiger partial charge in [-0.1, -0.05) is 42.5 Å². The average Bonchev–Trinajstić information content (AvgIpc) is 2.47. The SMILES string of the molecule is NC(=O)CCOc1ccccc1NCc1ccccc1. The first-order valence-corrected chi connectivity index (χ1v) is 6.53. The molecular weight excluding hydrogens is 252 g/mol. The molecule has 0 saturated carbocycles. The van der Waals surface area contributed by atoms with Crippen LogP contribution in [0.1, 0.15) is 12.0 Å². The van der Waals surface area contributed by atoms with Gasteiger partial charge in [0, 0.05) is 6.54 Å². The highest BCUT2D eigenvalue weighted by Crippen LogP contribution is 2.24. The number of hydrogen-bond acceptors (Lipinski definition) is 3. The Balaban J connectivity index is 1.95. The number of benzene rings is 2. The maximum Gasteiger partial charge on any atom is 0.220 e. The van der Waals surface area contributed by atoms with E-state index in [4.69, 9.17) is 10.5 Å². The van der Waals surface area contributed by atoms with Gasteiger partial charge in [-0.3, -0.25) is 4.79 Å². The van der Waals surface area contributed by atoms with E-state index in [1.165, 1.54) is 5.56 Å². The normalized spacial score (nSPS) is 10.0. The fraction of sp³-hybridized carbons (Fsp3) is 0.188. The zero-order valence-electron chi connectivity index (χ0n) is 11.2. The van der Waals surface area contributed by atoms with Crippen molar-refractivity contribution in [3.05, 3.63) is 60.2 Å². The molecule has 4 nitrogen and oxygen atoms in total. The summed E-state index contributed by atoms with van der Waals surface area (Å²) in [7, 11) is 0. The van der Waals surface area contributed by atoms with Crippen molar-refractivity contribution < 1.29 is 9.53 Å². The fourth-order valence-electron chi connectivity index (χ4n) is 1.79. The summed E-state index contributed by atoms with van der Waals surface area (Å²) < 4.78 is 5.57. The van der Waals surface area contributed by atoms with Gasteiger partial charge in [-0.15, -0.1) is 0 Å². The predicted octanol–water partition coefficient (Wildman–Crippen LogP) is 2.55. The largest absolute Gasteiger partial charge is 0.491 e. The molecule has 20 heavy (non-hydrogen) atoms. The maximum atomic E-state index is 10.7. The number of anilines is 1. The zero-order valence-corrected chi connectivity index (χ0v) is 11.2. The third kappa shape index (κ3) is 4.31. The summed E-state index contributed by atoms with van der Waals surface area (Å²) in [6.07, 6.45) is 0.215. The van der Waals surface area contributed by atoms with Crippen LogP contribution in [0.15, 0.2) is 54.6 Å². The van der Waals surface area contributed by atoms with Crippen LogP contribution < -0.4 is 15.8 Å². The predicted molar refractivity (Wildman–Crippen MR) is 79.5 cm³/mol. The monoisotopic (exact) mass is 270 g/mol. The fourth-order valence-corrected chi connectivity index (χ4v) is 1.79. The van der Waals surface area contributed by atoms with Crippen LogP contribution in [0, 0.1) is 0 Å². The second kappa shape index (κ2) is 7.19. The third-order valence-electron chi connectivity index (χ3n) is 2.82. The van der Waals surface area contributed by atoms with E-state index in [9.17, 15) is 4.79 Å². The van der Waals surface area contributed by atoms with E-state index in [-0.39, 0.29) is 12.3 Å². The van der Waals surface area contributed by atoms with E-state index in [0.717, 1.165) is 18.0 Å². The Kier molecular flexibility index (Phi) is 5.00. The van der Waals surface area contributed by atoms with Crippen molar-refractivity contribution >= 4 is 11.6 Å². The van der Waals surface area contributed by atoms with Gasteiger partial charge in [0.2, 0.25) is 5.91 Å². The molecule has 0 aliphatic rings. The Morgan fingerprint density at radius 2 is 1.75 bits per heavy atom. The van der Waals surface area contributed by atoms with E-state index in [1.54, 1.807) is 0 Å². The Hall–Kier alpha value is -2.49. The lowest BCUT2D eigenvalue weighted by atomic mass is 10.2. The van der Waals surface area contributed by atoms with Crippen LogP contribution in [0.2, 0.25) is 0 Å². The van der Waals surface area contributed by atoms with Gasteiger partial charge in [-0.25, -0.2) is 0 Å². The number of carbonyl (C=O) groups is 1. The molecule has 0 aliphatic heterocycles. The van der Waals surface area contributed by atoms with Gasteiger partial charge in [0.25, 0.3) is 0 Å². The first kappa shape index (κ1) is 13.9. The highest BCUT2D eigenvalue weighted by atomic mass is 16.5. The van der Waals surface area contributed by atoms with Crippen LogP contribution in [0.4, 0.5) is 5.69 Å². The molecule has 2 aromatic carbocycles. The highest BCUT2D eigenvalue weighted by Gasteiger charge is 2.03. The first-order chi connectivity index (χ1) is 9.75. The molecule has 2 aromatic rings. The van der Waals surface area contributed by atoms with Crippen molar-refractivity contribution in [1.29, 1.82) is 0 Å². The van der Waals surface area contributed by atoms with Crippen LogP contribution in [0.5, 0.6) is 5.75 Å². The van der Waals surface area contributed by atoms with Crippen molar-refractivity contribution in [1.82, 2.24) is 0 Å². The molecule has 0 atom stereocenters. The van der Waals surface area contributed by atoms with Gasteiger partial charge >= 0.3 is 0 Å². The Morgan fingerprint density at radius 3 is 2.50 bits per heavy atom. The van der Waals surface area contributed by atoms with Crippen molar-refractivity contribution in [2.75, 3.05) is 11.9 Å². The van der Waals surface area contributed by atoms with Crippen molar-refractivity contribution in [3.8, 4) is 5.75 Å². The molecule has 0 spiro atoms. The minimum atomic E-state index is -0.361. The molecular formula is C16H18N2O2. The molecule has 0 radical (unpaired) electrons. The summed E-state index contributed by atoms with van der Waals surface area (Å²) in [5.74, 6) is 0.365. The van der Waals surface area contributed by atoms with E-state index in [1.807, 2.05) is 42.5 Å². The molecule has 0 aliphatic carbocycles. The molecule has 0 aromatic heterocycles. The van der Waals surface area contributed by atoms with Gasteiger partial charge in [-0.05, 0) is 17.7 Å². The van der Waals surface area contributed by atoms with E-state index < -0.39 is 0 Å². The van der Waals surface area contributed by atoms with Gasteiger partial charge in [-0.2, -0.15) is 0 Å². The van der Waals surface area contributed by atoms with Gasteiger partial charge in [0.05, 0.1) is 18.7 Å². The summed E-state index contributed by atoms with van der Waals surface area (Å²) in [5, 5.41) is 3.33. The lowest BCUT2D eigenvalue weighted by Gasteiger charge is -2.12. The quantitative estimate of drug-likeness (QED) is 0.812. The molecule has 0 fully saturated rings. The molecule has 0 unspecified atom stereocenters. The van der Waals surface area contributed by atoms with Crippen molar-refractivity contribution in [3.63, 3.8) is 0 Å². The second-order valence-electron chi connectivity index (χ2n) is 4.40. The maximum absolute atomic E-state index is 10.7. The number of hydrogen-bond donors (Lipinski definition) is 2. The Morgan fingerprint density at radius 1 is 1.05 bits per heavy atom. The number of nitrogens with one attached hydrogen (secondary N) is 1. The van der Waals surface area contributed by atoms with Gasteiger partial charge in [0.1, 0.15) is 5.75 Å². The smallest absolute Gasteiger partial charge is 0.220 e. The van der Waals surface area contributed by atoms with Crippen LogP contribution in [-0.2, 0) is 11.3 Å². The average molecular weight is 270 g/mol. The van der Waals surface area contributed by atoms with E-state index >= 15 is 0 Å². The van der Waals surface area contributed by atoms with E-state index in [0.29, 0.717) is 6.61 Å². The zero-order chi connectivity index (χ0) is 14.2. The van der Waals surface area contributed by atoms with E-state index in [2.05, 4.69) is 17.4 Å². The topological polar surface area (TPSA) is 64.4 Å². The third-order valence-corrected chi connectivity index (χ3v) is 2.82. The number of primary amides is 1. The van der Waals surface area contributed by atoms with Gasteiger partial charge in [0.15, 0.2) is 0 Å². The molecule has 0 heterocycles. The van der Waals surface area contributed by atoms with Crippen LogP contribution in [-0.4, -0.2) is 12.5 Å². The molecule has 104 valence electrons. The Labute approximate surface area is 118 Å². The lowest BCUT2D eigenvalue weighted by Crippen LogP contribution is -2.15. The summed E-state index contributed by atoms with van der Waals surface area (Å²) in [5.41, 5.74) is 7.19. The van der Waals surface area contributed by atoms with Crippen LogP contribution >= 0.6 is 0 Å². The number of rotatable bonds is 7. The molecule has 1 amide bonds. The van der Waals surface area contributed by atoms with Crippen LogP contribution in [0.3, 0.4) is 0 Å². The number of nitrogens with two attached hydrogens (primary N) is 1. The molecule has 0 bridgehead atoms. The number of ether oxygens (including phenoxy) is 1. The summed E-state index contributed by atoms with van der Waals surface area (Å²) in [6.45, 7) is 1.01. The molecule has 4 heteroatoms. The number of para-hydroxylation sites is 2. The van der Waals surface area contributed by atoms with Crippen molar-refractivity contribution in [2.24, 2.45) is 5.73 Å². The first-order valence-electron chi connectivity index (χ1n) is 6.53. The number of amides is 1. The standard InChI is InChI=1S/C16H18N2O2/c17-16(19)10-11-20-15-9-5-4-8-14(15)18-12-13-6-2-1-3-7-13/h1-9,18H,10-12H2,(H2,17,19). The minimum absolute atomic E-state index is 0.215. The molecule has 0 saturated heterocycles. The van der Waals surface area contributed by atoms with Crippen molar-refractivity contribution in [2.45, 2.75) is 13.0 Å². The van der Waals surface area contributed by atoms with Gasteiger partial charge < -0.3 is 15.8 Å². The molecule has 2 rings (SSSR count). The van der Waals surface area contributed by atoms with Crippen LogP contribution in [0.25, 0.3) is 0 Å².